The highest BCUT2D eigenvalue weighted by molar-refractivity contribution is 5.73. The Morgan fingerprint density at radius 1 is 0.967 bits per heavy atom. The average molecular weight is 425 g/mol. The fourth-order valence-electron chi connectivity index (χ4n) is 2.00. The lowest BCUT2D eigenvalue weighted by Crippen LogP contribution is -2.36. The molecule has 7 nitrogen and oxygen atoms in total. The Kier molecular flexibility index (Phi) is 31.8. The quantitative estimate of drug-likeness (QED) is 0.0936. The average Bonchev–Trinajstić information content (AvgIpc) is 2.68. The molecule has 0 bridgehead atoms. The van der Waals surface area contributed by atoms with Crippen molar-refractivity contribution in [1.82, 2.24) is 10.6 Å². The van der Waals surface area contributed by atoms with Crippen LogP contribution >= 0.6 is 0 Å². The summed E-state index contributed by atoms with van der Waals surface area (Å²) in [6.45, 7) is 18.8. The lowest BCUT2D eigenvalue weighted by molar-refractivity contribution is 0.240. The summed E-state index contributed by atoms with van der Waals surface area (Å²) in [6.07, 6.45) is 12.2. The maximum Gasteiger partial charge on any atom is 0.314 e. The minimum absolute atomic E-state index is 0.0470. The second kappa shape index (κ2) is 29.2. The first kappa shape index (κ1) is 32.7. The van der Waals surface area contributed by atoms with E-state index in [9.17, 15) is 4.79 Å². The van der Waals surface area contributed by atoms with Crippen molar-refractivity contribution < 1.29 is 4.79 Å². The first-order valence-corrected chi connectivity index (χ1v) is 11.3. The van der Waals surface area contributed by atoms with Crippen LogP contribution in [0.5, 0.6) is 0 Å². The number of amides is 2. The number of urea groups is 1. The van der Waals surface area contributed by atoms with Crippen LogP contribution in [0.3, 0.4) is 0 Å². The Bertz CT molecular complexity index is 431. The van der Waals surface area contributed by atoms with Crippen molar-refractivity contribution in [2.24, 2.45) is 22.7 Å². The zero-order chi connectivity index (χ0) is 23.5. The zero-order valence-corrected chi connectivity index (χ0v) is 20.0. The second-order valence-electron chi connectivity index (χ2n) is 7.86. The fraction of sp³-hybridized carbons (Fsp3) is 0.783. The van der Waals surface area contributed by atoms with Crippen LogP contribution < -0.4 is 16.4 Å². The Balaban J connectivity index is -0.000000411. The molecule has 0 aliphatic heterocycles. The minimum atomic E-state index is -0.0470. The molecule has 0 aromatic carbocycles. The van der Waals surface area contributed by atoms with E-state index in [1.807, 2.05) is 12.2 Å². The third-order valence-corrected chi connectivity index (χ3v) is 3.85. The fourth-order valence-corrected chi connectivity index (χ4v) is 2.00. The van der Waals surface area contributed by atoms with Gasteiger partial charge in [-0.3, -0.25) is 0 Å². The summed E-state index contributed by atoms with van der Waals surface area (Å²) in [5.41, 5.74) is 13.1. The minimum Gasteiger partial charge on any atom is -0.338 e. The van der Waals surface area contributed by atoms with E-state index in [0.717, 1.165) is 76.9 Å². The summed E-state index contributed by atoms with van der Waals surface area (Å²) in [5, 5.41) is 9.06. The number of hydrogen-bond donors (Lipinski definition) is 3. The first-order valence-electron chi connectivity index (χ1n) is 11.3. The predicted molar refractivity (Wildman–Crippen MR) is 131 cm³/mol. The van der Waals surface area contributed by atoms with Crippen molar-refractivity contribution >= 4 is 6.03 Å². The highest BCUT2D eigenvalue weighted by atomic mass is 16.2. The molecule has 0 rings (SSSR count). The van der Waals surface area contributed by atoms with Crippen LogP contribution in [0.25, 0.3) is 10.4 Å². The van der Waals surface area contributed by atoms with Gasteiger partial charge in [-0.05, 0) is 75.3 Å². The number of azide groups is 1. The topological polar surface area (TPSA) is 116 Å². The third-order valence-electron chi connectivity index (χ3n) is 3.85. The van der Waals surface area contributed by atoms with Crippen LogP contribution in [0.15, 0.2) is 30.4 Å². The number of nitrogens with zero attached hydrogens (tertiary/aromatic N) is 3. The SMILES string of the molecule is C=CCCCCN=[N+]=[N-].C=CCCCCNC(=O)NCCC(C)C.CC(C)CCN. The predicted octanol–water partition coefficient (Wildman–Crippen LogP) is 6.33. The number of unbranched alkanes of at least 4 members (excludes halogenated alkanes) is 4. The highest BCUT2D eigenvalue weighted by Gasteiger charge is 1.99. The first-order chi connectivity index (χ1) is 14.3. The molecule has 176 valence electrons. The van der Waals surface area contributed by atoms with Crippen molar-refractivity contribution in [1.29, 1.82) is 0 Å². The summed E-state index contributed by atoms with van der Waals surface area (Å²) in [6, 6.07) is -0.0470. The number of nitrogens with two attached hydrogens (primary N) is 1. The highest BCUT2D eigenvalue weighted by Crippen LogP contribution is 1.97. The molecule has 0 aromatic heterocycles. The van der Waals surface area contributed by atoms with Crippen LogP contribution in [0.1, 0.15) is 79.1 Å². The van der Waals surface area contributed by atoms with E-state index in [1.54, 1.807) is 0 Å². The number of allylic oxidation sites excluding steroid dienone is 2. The zero-order valence-electron chi connectivity index (χ0n) is 20.0. The summed E-state index contributed by atoms with van der Waals surface area (Å²) in [7, 11) is 0. The maximum atomic E-state index is 11.2. The van der Waals surface area contributed by atoms with Crippen molar-refractivity contribution in [3.8, 4) is 0 Å². The molecular formula is C23H48N6O. The van der Waals surface area contributed by atoms with Crippen molar-refractivity contribution in [3.63, 3.8) is 0 Å². The van der Waals surface area contributed by atoms with Crippen molar-refractivity contribution in [2.75, 3.05) is 26.2 Å². The van der Waals surface area contributed by atoms with Gasteiger partial charge in [-0.25, -0.2) is 4.79 Å². The molecule has 0 aromatic rings. The Labute approximate surface area is 185 Å². The summed E-state index contributed by atoms with van der Waals surface area (Å²) >= 11 is 0. The Hall–Kier alpha value is -1.98. The molecule has 0 spiro atoms. The number of hydrogen-bond acceptors (Lipinski definition) is 3. The number of carbonyl (C=O) groups is 1. The summed E-state index contributed by atoms with van der Waals surface area (Å²) in [4.78, 5) is 13.8. The van der Waals surface area contributed by atoms with E-state index in [2.05, 4.69) is 61.5 Å². The van der Waals surface area contributed by atoms with Crippen LogP contribution in [0.2, 0.25) is 0 Å². The van der Waals surface area contributed by atoms with E-state index in [1.165, 1.54) is 0 Å². The number of carbonyl (C=O) groups excluding carboxylic acids is 1. The van der Waals surface area contributed by atoms with Gasteiger partial charge in [0.1, 0.15) is 0 Å². The van der Waals surface area contributed by atoms with Gasteiger partial charge in [0.05, 0.1) is 0 Å². The molecule has 0 atom stereocenters. The maximum absolute atomic E-state index is 11.2. The van der Waals surface area contributed by atoms with Crippen LogP contribution in [0, 0.1) is 11.8 Å². The van der Waals surface area contributed by atoms with Gasteiger partial charge in [-0.1, -0.05) is 45.0 Å². The van der Waals surface area contributed by atoms with E-state index < -0.39 is 0 Å². The molecule has 0 heterocycles. The van der Waals surface area contributed by atoms with Crippen LogP contribution in [0.4, 0.5) is 4.79 Å². The third kappa shape index (κ3) is 40.6. The monoisotopic (exact) mass is 424 g/mol. The van der Waals surface area contributed by atoms with Gasteiger partial charge in [0.25, 0.3) is 0 Å². The molecule has 0 unspecified atom stereocenters. The van der Waals surface area contributed by atoms with Gasteiger partial charge >= 0.3 is 6.03 Å². The van der Waals surface area contributed by atoms with E-state index in [-0.39, 0.29) is 6.03 Å². The van der Waals surface area contributed by atoms with Crippen molar-refractivity contribution in [3.05, 3.63) is 35.8 Å². The lowest BCUT2D eigenvalue weighted by atomic mass is 10.1. The lowest BCUT2D eigenvalue weighted by Gasteiger charge is -2.08. The van der Waals surface area contributed by atoms with E-state index in [4.69, 9.17) is 11.3 Å². The molecular weight excluding hydrogens is 376 g/mol. The van der Waals surface area contributed by atoms with Crippen LogP contribution in [-0.4, -0.2) is 32.2 Å². The molecule has 0 saturated carbocycles. The molecule has 30 heavy (non-hydrogen) atoms. The molecule has 7 heteroatoms. The number of rotatable bonds is 15. The Morgan fingerprint density at radius 3 is 1.93 bits per heavy atom. The van der Waals surface area contributed by atoms with Crippen molar-refractivity contribution in [2.45, 2.75) is 79.1 Å². The van der Waals surface area contributed by atoms with Gasteiger partial charge in [-0.15, -0.1) is 13.2 Å². The van der Waals surface area contributed by atoms with Gasteiger partial charge in [0.2, 0.25) is 0 Å². The van der Waals surface area contributed by atoms with E-state index in [0.29, 0.717) is 12.5 Å². The molecule has 2 amide bonds. The standard InChI is InChI=1S/C12H24N2O.C6H11N3.C5H13N/c1-4-5-6-7-9-13-12(15)14-10-8-11(2)3;1-2-3-4-5-6-8-9-7;1-5(2)3-4-6/h4,11H,1,5-10H2,2-3H3,(H2,13,14,15);2H,1,3-6H2;5H,3-4,6H2,1-2H3. The summed E-state index contributed by atoms with van der Waals surface area (Å²) < 4.78 is 0. The van der Waals surface area contributed by atoms with Gasteiger partial charge in [0.15, 0.2) is 0 Å². The molecule has 0 aliphatic carbocycles. The smallest absolute Gasteiger partial charge is 0.314 e. The number of nitrogens with one attached hydrogen (secondary N) is 2. The molecule has 0 saturated heterocycles. The van der Waals surface area contributed by atoms with E-state index >= 15 is 0 Å². The van der Waals surface area contributed by atoms with Crippen LogP contribution in [-0.2, 0) is 0 Å². The molecule has 0 radical (unpaired) electrons. The normalized spacial score (nSPS) is 9.43. The van der Waals surface area contributed by atoms with Gasteiger partial charge < -0.3 is 16.4 Å². The second-order valence-corrected chi connectivity index (χ2v) is 7.86. The molecule has 0 aliphatic rings. The van der Waals surface area contributed by atoms with Gasteiger partial charge in [0, 0.05) is 24.5 Å². The van der Waals surface area contributed by atoms with Gasteiger partial charge in [-0.2, -0.15) is 0 Å². The Morgan fingerprint density at radius 2 is 1.50 bits per heavy atom. The molecule has 0 fully saturated rings. The molecule has 4 N–H and O–H groups in total. The summed E-state index contributed by atoms with van der Waals surface area (Å²) in [5.74, 6) is 1.41. The largest absolute Gasteiger partial charge is 0.338 e.